The van der Waals surface area contributed by atoms with E-state index >= 15 is 0 Å². The SMILES string of the molecule is CC(C)[N+](C)(C)CC[C@@H](O)[C@H]1O[C@@H](n2cnc3c(N)ncnc32)[C@H](O)[C@@H]1O. The number of hydrogen-bond acceptors (Lipinski definition) is 8. The van der Waals surface area contributed by atoms with Gasteiger partial charge in [0.1, 0.15) is 30.2 Å². The summed E-state index contributed by atoms with van der Waals surface area (Å²) in [6, 6.07) is 0.396. The number of hydrogen-bond donors (Lipinski definition) is 4. The average Bonchev–Trinajstić information content (AvgIpc) is 3.16. The predicted octanol–water partition coefficient (Wildman–Crippen LogP) is -0.736. The summed E-state index contributed by atoms with van der Waals surface area (Å²) < 4.78 is 8.06. The molecule has 5 atom stereocenters. The van der Waals surface area contributed by atoms with E-state index in [1.807, 2.05) is 0 Å². The van der Waals surface area contributed by atoms with Crippen molar-refractivity contribution < 1.29 is 24.5 Å². The summed E-state index contributed by atoms with van der Waals surface area (Å²) in [5.74, 6) is 0.219. The van der Waals surface area contributed by atoms with Gasteiger partial charge in [-0.25, -0.2) is 15.0 Å². The predicted molar refractivity (Wildman–Crippen MR) is 98.4 cm³/mol. The lowest BCUT2D eigenvalue weighted by Crippen LogP contribution is -2.49. The van der Waals surface area contributed by atoms with Gasteiger partial charge in [-0.3, -0.25) is 4.57 Å². The first-order valence-electron chi connectivity index (χ1n) is 9.09. The number of anilines is 1. The van der Waals surface area contributed by atoms with Crippen LogP contribution in [0, 0.1) is 0 Å². The number of quaternary nitrogens is 1. The fourth-order valence-electron chi connectivity index (χ4n) is 3.18. The quantitative estimate of drug-likeness (QED) is 0.480. The van der Waals surface area contributed by atoms with Gasteiger partial charge < -0.3 is 30.3 Å². The summed E-state index contributed by atoms with van der Waals surface area (Å²) in [7, 11) is 4.17. The number of nitrogen functional groups attached to an aromatic ring is 1. The first-order chi connectivity index (χ1) is 12.6. The molecule has 0 unspecified atom stereocenters. The number of imidazole rings is 1. The maximum absolute atomic E-state index is 10.6. The van der Waals surface area contributed by atoms with Crippen LogP contribution in [0.25, 0.3) is 11.2 Å². The van der Waals surface area contributed by atoms with E-state index in [-0.39, 0.29) is 5.82 Å². The zero-order valence-corrected chi connectivity index (χ0v) is 16.1. The fraction of sp³-hybridized carbons (Fsp3) is 0.706. The first kappa shape index (κ1) is 19.9. The molecule has 3 heterocycles. The summed E-state index contributed by atoms with van der Waals surface area (Å²) in [5.41, 5.74) is 6.58. The molecule has 0 aromatic carbocycles. The van der Waals surface area contributed by atoms with Crippen molar-refractivity contribution in [3.8, 4) is 0 Å². The molecule has 2 aromatic heterocycles. The fourth-order valence-corrected chi connectivity index (χ4v) is 3.18. The van der Waals surface area contributed by atoms with Crippen molar-refractivity contribution in [2.45, 2.75) is 57.0 Å². The molecule has 150 valence electrons. The van der Waals surface area contributed by atoms with Crippen molar-refractivity contribution in [2.24, 2.45) is 0 Å². The Kier molecular flexibility index (Phi) is 5.37. The van der Waals surface area contributed by atoms with E-state index in [9.17, 15) is 15.3 Å². The van der Waals surface area contributed by atoms with Crippen LogP contribution >= 0.6 is 0 Å². The number of nitrogens with zero attached hydrogens (tertiary/aromatic N) is 5. The van der Waals surface area contributed by atoms with Gasteiger partial charge >= 0.3 is 0 Å². The standard InChI is InChI=1S/C17H29N6O4/c1-9(2)23(3,4)6-5-10(24)14-12(25)13(26)17(27-14)22-8-21-11-15(18)19-7-20-16(11)22/h7-10,12-14,17,24-26H,5-6H2,1-4H3,(H2,18,19,20)/q+1/t10-,12+,13-,14-,17-/m1/s1. The van der Waals surface area contributed by atoms with Crippen molar-refractivity contribution in [1.29, 1.82) is 0 Å². The van der Waals surface area contributed by atoms with Gasteiger partial charge in [-0.2, -0.15) is 0 Å². The van der Waals surface area contributed by atoms with Gasteiger partial charge in [0.15, 0.2) is 17.7 Å². The molecule has 3 rings (SSSR count). The largest absolute Gasteiger partial charge is 0.390 e. The topological polar surface area (TPSA) is 140 Å². The van der Waals surface area contributed by atoms with E-state index in [0.717, 1.165) is 4.48 Å². The molecule has 0 spiro atoms. The van der Waals surface area contributed by atoms with E-state index in [4.69, 9.17) is 10.5 Å². The van der Waals surface area contributed by atoms with Crippen LogP contribution < -0.4 is 5.73 Å². The number of aliphatic hydroxyl groups excluding tert-OH is 3. The molecule has 1 saturated heterocycles. The van der Waals surface area contributed by atoms with Crippen molar-refractivity contribution in [3.05, 3.63) is 12.7 Å². The highest BCUT2D eigenvalue weighted by Crippen LogP contribution is 2.34. The Morgan fingerprint density at radius 2 is 1.93 bits per heavy atom. The third kappa shape index (κ3) is 3.63. The zero-order valence-electron chi connectivity index (χ0n) is 16.1. The molecular weight excluding hydrogens is 352 g/mol. The van der Waals surface area contributed by atoms with Gasteiger partial charge in [-0.15, -0.1) is 0 Å². The molecule has 1 aliphatic heterocycles. The molecule has 10 heteroatoms. The lowest BCUT2D eigenvalue weighted by molar-refractivity contribution is -0.911. The minimum absolute atomic E-state index is 0.219. The highest BCUT2D eigenvalue weighted by atomic mass is 16.6. The van der Waals surface area contributed by atoms with Crippen LogP contribution in [0.15, 0.2) is 12.7 Å². The summed E-state index contributed by atoms with van der Waals surface area (Å²) in [5, 5.41) is 31.5. The zero-order chi connectivity index (χ0) is 19.9. The van der Waals surface area contributed by atoms with E-state index in [1.54, 1.807) is 0 Å². The average molecular weight is 381 g/mol. The summed E-state index contributed by atoms with van der Waals surface area (Å²) in [6.45, 7) is 4.94. The molecule has 10 nitrogen and oxygen atoms in total. The van der Waals surface area contributed by atoms with E-state index in [0.29, 0.717) is 30.2 Å². The summed E-state index contributed by atoms with van der Waals surface area (Å²) in [6.07, 6.45) is -2.03. The van der Waals surface area contributed by atoms with E-state index in [2.05, 4.69) is 42.9 Å². The molecule has 0 aliphatic carbocycles. The smallest absolute Gasteiger partial charge is 0.167 e. The van der Waals surface area contributed by atoms with Crippen LogP contribution in [0.5, 0.6) is 0 Å². The van der Waals surface area contributed by atoms with Crippen molar-refractivity contribution in [1.82, 2.24) is 19.5 Å². The van der Waals surface area contributed by atoms with Gasteiger partial charge in [0.25, 0.3) is 0 Å². The lowest BCUT2D eigenvalue weighted by Gasteiger charge is -2.35. The van der Waals surface area contributed by atoms with Crippen molar-refractivity contribution in [2.75, 3.05) is 26.4 Å². The Morgan fingerprint density at radius 1 is 1.22 bits per heavy atom. The number of aliphatic hydroxyl groups is 3. The maximum atomic E-state index is 10.6. The Balaban J connectivity index is 1.76. The number of fused-ring (bicyclic) bond motifs is 1. The molecule has 1 fully saturated rings. The molecular formula is C17H29N6O4+. The highest BCUT2D eigenvalue weighted by Gasteiger charge is 2.47. The Bertz CT molecular complexity index is 795. The van der Waals surface area contributed by atoms with Crippen LogP contribution in [-0.4, -0.2) is 90.4 Å². The normalized spacial score (nSPS) is 27.6. The van der Waals surface area contributed by atoms with Crippen molar-refractivity contribution >= 4 is 17.0 Å². The number of aromatic nitrogens is 4. The second kappa shape index (κ2) is 7.28. The third-order valence-corrected chi connectivity index (χ3v) is 5.71. The number of ether oxygens (including phenoxy) is 1. The Morgan fingerprint density at radius 3 is 2.59 bits per heavy atom. The molecule has 27 heavy (non-hydrogen) atoms. The highest BCUT2D eigenvalue weighted by molar-refractivity contribution is 5.81. The monoisotopic (exact) mass is 381 g/mol. The molecule has 0 amide bonds. The van der Waals surface area contributed by atoms with Crippen LogP contribution in [0.1, 0.15) is 26.5 Å². The van der Waals surface area contributed by atoms with Crippen molar-refractivity contribution in [3.63, 3.8) is 0 Å². The lowest BCUT2D eigenvalue weighted by atomic mass is 10.0. The first-order valence-corrected chi connectivity index (χ1v) is 9.09. The number of nitrogens with two attached hydrogens (primary N) is 1. The molecule has 5 N–H and O–H groups in total. The summed E-state index contributed by atoms with van der Waals surface area (Å²) >= 11 is 0. The van der Waals surface area contributed by atoms with Gasteiger partial charge in [0, 0.05) is 6.42 Å². The Labute approximate surface area is 157 Å². The molecule has 0 radical (unpaired) electrons. The second-order valence-corrected chi connectivity index (χ2v) is 8.01. The van der Waals surface area contributed by atoms with E-state index in [1.165, 1.54) is 17.2 Å². The van der Waals surface area contributed by atoms with Gasteiger partial charge in [-0.1, -0.05) is 0 Å². The number of rotatable bonds is 6. The van der Waals surface area contributed by atoms with Crippen LogP contribution in [-0.2, 0) is 4.74 Å². The van der Waals surface area contributed by atoms with Gasteiger partial charge in [0.05, 0.1) is 39.1 Å². The molecule has 1 aliphatic rings. The minimum atomic E-state index is -1.23. The van der Waals surface area contributed by atoms with Gasteiger partial charge in [0.2, 0.25) is 0 Å². The van der Waals surface area contributed by atoms with Crippen LogP contribution in [0.4, 0.5) is 5.82 Å². The van der Waals surface area contributed by atoms with Crippen LogP contribution in [0.2, 0.25) is 0 Å². The third-order valence-electron chi connectivity index (χ3n) is 5.71. The Hall–Kier alpha value is -1.85. The second-order valence-electron chi connectivity index (χ2n) is 8.01. The minimum Gasteiger partial charge on any atom is -0.390 e. The summed E-state index contributed by atoms with van der Waals surface area (Å²) in [4.78, 5) is 12.2. The van der Waals surface area contributed by atoms with Gasteiger partial charge in [-0.05, 0) is 13.8 Å². The molecule has 0 saturated carbocycles. The molecule has 0 bridgehead atoms. The molecule has 2 aromatic rings. The maximum Gasteiger partial charge on any atom is 0.167 e. The van der Waals surface area contributed by atoms with Crippen LogP contribution in [0.3, 0.4) is 0 Å². The van der Waals surface area contributed by atoms with E-state index < -0.39 is 30.6 Å².